The zero-order chi connectivity index (χ0) is 19.4. The van der Waals surface area contributed by atoms with Crippen LogP contribution in [0, 0.1) is 6.92 Å². The maximum Gasteiger partial charge on any atom is 0.262 e. The molecule has 0 unspecified atom stereocenters. The monoisotopic (exact) mass is 390 g/mol. The highest BCUT2D eigenvalue weighted by Gasteiger charge is 2.29. The Kier molecular flexibility index (Phi) is 5.55. The van der Waals surface area contributed by atoms with E-state index in [4.69, 9.17) is 9.47 Å². The molecule has 0 radical (unpaired) electrons. The molecule has 27 heavy (non-hydrogen) atoms. The number of anilines is 2. The number of hydrogen-bond acceptors (Lipinski definition) is 5. The second kappa shape index (κ2) is 7.87. The van der Waals surface area contributed by atoms with Crippen LogP contribution in [0.1, 0.15) is 12.0 Å². The van der Waals surface area contributed by atoms with E-state index in [1.807, 2.05) is 19.1 Å². The molecular formula is C19H22N2O5S. The van der Waals surface area contributed by atoms with Gasteiger partial charge in [0, 0.05) is 6.54 Å². The predicted octanol–water partition coefficient (Wildman–Crippen LogP) is 2.56. The lowest BCUT2D eigenvalue weighted by molar-refractivity contribution is -0.118. The van der Waals surface area contributed by atoms with Gasteiger partial charge < -0.3 is 14.8 Å². The number of sulfonamides is 1. The summed E-state index contributed by atoms with van der Waals surface area (Å²) in [6, 6.07) is 12.3. The van der Waals surface area contributed by atoms with Gasteiger partial charge in [-0.05, 0) is 43.7 Å². The third-order valence-electron chi connectivity index (χ3n) is 4.24. The van der Waals surface area contributed by atoms with Gasteiger partial charge >= 0.3 is 0 Å². The van der Waals surface area contributed by atoms with Crippen molar-refractivity contribution in [2.45, 2.75) is 13.3 Å². The van der Waals surface area contributed by atoms with Crippen LogP contribution < -0.4 is 19.1 Å². The number of hydrogen-bond donors (Lipinski definition) is 1. The molecule has 0 saturated carbocycles. The van der Waals surface area contributed by atoms with Crippen molar-refractivity contribution in [2.75, 3.05) is 35.6 Å². The van der Waals surface area contributed by atoms with Gasteiger partial charge in [-0.3, -0.25) is 9.10 Å². The summed E-state index contributed by atoms with van der Waals surface area (Å²) in [6.45, 7) is 2.23. The number of carbonyl (C=O) groups excluding carboxylic acids is 1. The summed E-state index contributed by atoms with van der Waals surface area (Å²) in [4.78, 5) is 12.3. The molecule has 8 heteroatoms. The second-order valence-electron chi connectivity index (χ2n) is 6.28. The van der Waals surface area contributed by atoms with Crippen LogP contribution in [0.4, 0.5) is 11.4 Å². The number of amides is 1. The Labute approximate surface area is 158 Å². The average molecular weight is 390 g/mol. The molecule has 2 aromatic rings. The van der Waals surface area contributed by atoms with E-state index < -0.39 is 10.0 Å². The molecule has 0 atom stereocenters. The van der Waals surface area contributed by atoms with E-state index in [1.54, 1.807) is 30.3 Å². The molecular weight excluding hydrogens is 368 g/mol. The molecule has 3 rings (SSSR count). The van der Waals surface area contributed by atoms with Crippen LogP contribution in [-0.2, 0) is 14.8 Å². The summed E-state index contributed by atoms with van der Waals surface area (Å²) in [5, 5.41) is 2.72. The third-order valence-corrected chi connectivity index (χ3v) is 6.10. The first-order valence-electron chi connectivity index (χ1n) is 8.57. The van der Waals surface area contributed by atoms with Crippen molar-refractivity contribution in [2.24, 2.45) is 0 Å². The molecule has 7 nitrogen and oxygen atoms in total. The number of nitrogens with one attached hydrogen (secondary N) is 1. The number of ether oxygens (including phenoxy) is 2. The lowest BCUT2D eigenvalue weighted by Crippen LogP contribution is -2.25. The van der Waals surface area contributed by atoms with E-state index in [0.29, 0.717) is 35.8 Å². The summed E-state index contributed by atoms with van der Waals surface area (Å²) in [5.74, 6) is 0.805. The number of methoxy groups -OCH3 is 1. The van der Waals surface area contributed by atoms with E-state index in [2.05, 4.69) is 5.32 Å². The summed E-state index contributed by atoms with van der Waals surface area (Å²) in [6.07, 6.45) is 0.584. The van der Waals surface area contributed by atoms with E-state index in [9.17, 15) is 13.2 Å². The number of nitrogens with zero attached hydrogens (tertiary/aromatic N) is 1. The Bertz CT molecular complexity index is 926. The Hall–Kier alpha value is -2.74. The fourth-order valence-electron chi connectivity index (χ4n) is 2.85. The second-order valence-corrected chi connectivity index (χ2v) is 8.29. The highest BCUT2D eigenvalue weighted by molar-refractivity contribution is 7.93. The zero-order valence-corrected chi connectivity index (χ0v) is 16.1. The minimum atomic E-state index is -3.30. The van der Waals surface area contributed by atoms with Crippen molar-refractivity contribution in [3.05, 3.63) is 48.0 Å². The SMILES string of the molecule is COc1ccc(N2CCCS2(=O)=O)cc1NC(=O)COc1ccc(C)cc1. The molecule has 1 N–H and O–H groups in total. The highest BCUT2D eigenvalue weighted by atomic mass is 32.2. The van der Waals surface area contributed by atoms with Crippen LogP contribution in [0.2, 0.25) is 0 Å². The van der Waals surface area contributed by atoms with Gasteiger partial charge in [0.15, 0.2) is 6.61 Å². The first-order valence-corrected chi connectivity index (χ1v) is 10.2. The summed E-state index contributed by atoms with van der Waals surface area (Å²) >= 11 is 0. The topological polar surface area (TPSA) is 84.9 Å². The first-order chi connectivity index (χ1) is 12.9. The fourth-order valence-corrected chi connectivity index (χ4v) is 4.40. The van der Waals surface area contributed by atoms with Gasteiger partial charge in [0.25, 0.3) is 5.91 Å². The Morgan fingerprint density at radius 3 is 2.56 bits per heavy atom. The molecule has 1 fully saturated rings. The van der Waals surface area contributed by atoms with Gasteiger partial charge in [-0.15, -0.1) is 0 Å². The van der Waals surface area contributed by atoms with Gasteiger partial charge in [-0.25, -0.2) is 8.42 Å². The Morgan fingerprint density at radius 2 is 1.93 bits per heavy atom. The van der Waals surface area contributed by atoms with Crippen molar-refractivity contribution < 1.29 is 22.7 Å². The molecule has 144 valence electrons. The lowest BCUT2D eigenvalue weighted by Gasteiger charge is -2.19. The predicted molar refractivity (Wildman–Crippen MR) is 104 cm³/mol. The van der Waals surface area contributed by atoms with Crippen LogP contribution >= 0.6 is 0 Å². The molecule has 1 amide bonds. The Balaban J connectivity index is 1.71. The van der Waals surface area contributed by atoms with Crippen molar-refractivity contribution in [3.63, 3.8) is 0 Å². The maximum absolute atomic E-state index is 12.3. The van der Waals surface area contributed by atoms with Gasteiger partial charge in [-0.2, -0.15) is 0 Å². The first kappa shape index (κ1) is 19.0. The van der Waals surface area contributed by atoms with Crippen LogP contribution in [0.15, 0.2) is 42.5 Å². The lowest BCUT2D eigenvalue weighted by atomic mass is 10.2. The number of benzene rings is 2. The normalized spacial score (nSPS) is 15.4. The molecule has 2 aromatic carbocycles. The average Bonchev–Trinajstić information content (AvgIpc) is 3.00. The van der Waals surface area contributed by atoms with Crippen molar-refractivity contribution in [1.29, 1.82) is 0 Å². The maximum atomic E-state index is 12.3. The highest BCUT2D eigenvalue weighted by Crippen LogP contribution is 2.32. The largest absolute Gasteiger partial charge is 0.495 e. The quantitative estimate of drug-likeness (QED) is 0.819. The third kappa shape index (κ3) is 4.51. The zero-order valence-electron chi connectivity index (χ0n) is 15.3. The molecule has 1 aliphatic heterocycles. The minimum absolute atomic E-state index is 0.130. The van der Waals surface area contributed by atoms with Crippen LogP contribution in [-0.4, -0.2) is 40.3 Å². The molecule has 0 aliphatic carbocycles. The van der Waals surface area contributed by atoms with Crippen molar-refractivity contribution in [3.8, 4) is 11.5 Å². The number of aryl methyl sites for hydroxylation is 1. The van der Waals surface area contributed by atoms with E-state index in [1.165, 1.54) is 11.4 Å². The minimum Gasteiger partial charge on any atom is -0.495 e. The summed E-state index contributed by atoms with van der Waals surface area (Å²) in [5.41, 5.74) is 2.00. The molecule has 1 aliphatic rings. The molecule has 1 saturated heterocycles. The van der Waals surface area contributed by atoms with E-state index in [-0.39, 0.29) is 18.3 Å². The summed E-state index contributed by atoms with van der Waals surface area (Å²) in [7, 11) is -1.81. The van der Waals surface area contributed by atoms with Crippen molar-refractivity contribution in [1.82, 2.24) is 0 Å². The van der Waals surface area contributed by atoms with Crippen LogP contribution in [0.5, 0.6) is 11.5 Å². The Morgan fingerprint density at radius 1 is 1.19 bits per heavy atom. The van der Waals surface area contributed by atoms with E-state index in [0.717, 1.165) is 5.56 Å². The molecule has 1 heterocycles. The molecule has 0 bridgehead atoms. The smallest absolute Gasteiger partial charge is 0.262 e. The summed E-state index contributed by atoms with van der Waals surface area (Å²) < 4.78 is 36.3. The van der Waals surface area contributed by atoms with Gasteiger partial charge in [0.05, 0.1) is 24.2 Å². The van der Waals surface area contributed by atoms with Gasteiger partial charge in [0.1, 0.15) is 11.5 Å². The van der Waals surface area contributed by atoms with Crippen LogP contribution in [0.3, 0.4) is 0 Å². The van der Waals surface area contributed by atoms with E-state index >= 15 is 0 Å². The standard InChI is InChI=1S/C19H22N2O5S/c1-14-4-7-16(8-5-14)26-13-19(22)20-17-12-15(6-9-18(17)25-2)21-10-3-11-27(21,23)24/h4-9,12H,3,10-11,13H2,1-2H3,(H,20,22). The fraction of sp³-hybridized carbons (Fsp3) is 0.316. The molecule has 0 aromatic heterocycles. The van der Waals surface area contributed by atoms with Gasteiger partial charge in [0.2, 0.25) is 10.0 Å². The molecule has 0 spiro atoms. The number of carbonyl (C=O) groups is 1. The van der Waals surface area contributed by atoms with Gasteiger partial charge in [-0.1, -0.05) is 17.7 Å². The number of rotatable bonds is 6. The van der Waals surface area contributed by atoms with Crippen molar-refractivity contribution >= 4 is 27.3 Å². The van der Waals surface area contributed by atoms with Crippen LogP contribution in [0.25, 0.3) is 0 Å².